The van der Waals surface area contributed by atoms with Crippen molar-refractivity contribution in [3.63, 3.8) is 0 Å². The summed E-state index contributed by atoms with van der Waals surface area (Å²) >= 11 is 0. The summed E-state index contributed by atoms with van der Waals surface area (Å²) in [5.74, 6) is 0.923. The molecule has 1 N–H and O–H groups in total. The lowest BCUT2D eigenvalue weighted by Crippen LogP contribution is -2.41. The molecule has 0 saturated heterocycles. The molecule has 0 amide bonds. The summed E-state index contributed by atoms with van der Waals surface area (Å²) < 4.78 is 5.00. The van der Waals surface area contributed by atoms with Crippen LogP contribution in [0.25, 0.3) is 0 Å². The van der Waals surface area contributed by atoms with Crippen LogP contribution in [0.1, 0.15) is 39.5 Å². The fourth-order valence-corrected chi connectivity index (χ4v) is 2.62. The van der Waals surface area contributed by atoms with E-state index in [1.807, 2.05) is 0 Å². The van der Waals surface area contributed by atoms with E-state index < -0.39 is 0 Å². The van der Waals surface area contributed by atoms with Gasteiger partial charge in [0.25, 0.3) is 0 Å². The Hall–Kier alpha value is -0.0800. The zero-order valence-corrected chi connectivity index (χ0v) is 9.94. The van der Waals surface area contributed by atoms with E-state index in [0.29, 0.717) is 5.41 Å². The van der Waals surface area contributed by atoms with Crippen molar-refractivity contribution in [2.45, 2.75) is 39.5 Å². The molecule has 1 aliphatic carbocycles. The van der Waals surface area contributed by atoms with E-state index in [2.05, 4.69) is 19.2 Å². The molecule has 0 unspecified atom stereocenters. The minimum absolute atomic E-state index is 0.702. The van der Waals surface area contributed by atoms with Gasteiger partial charge in [0.15, 0.2) is 0 Å². The molecule has 0 aromatic heterocycles. The Labute approximate surface area is 88.4 Å². The Morgan fingerprint density at radius 1 is 1.29 bits per heavy atom. The number of rotatable bonds is 7. The first-order chi connectivity index (χ1) is 6.76. The van der Waals surface area contributed by atoms with Crippen molar-refractivity contribution in [1.29, 1.82) is 0 Å². The van der Waals surface area contributed by atoms with Crippen LogP contribution in [0.15, 0.2) is 0 Å². The quantitative estimate of drug-likeness (QED) is 0.636. The van der Waals surface area contributed by atoms with E-state index in [9.17, 15) is 0 Å². The predicted octanol–water partition coefficient (Wildman–Crippen LogP) is 2.44. The molecule has 2 heteroatoms. The zero-order chi connectivity index (χ0) is 10.4. The number of hydrogen-bond donors (Lipinski definition) is 1. The van der Waals surface area contributed by atoms with Crippen molar-refractivity contribution in [2.75, 3.05) is 26.8 Å². The Morgan fingerprint density at radius 2 is 1.93 bits per heavy atom. The Morgan fingerprint density at radius 3 is 2.43 bits per heavy atom. The average Bonchev–Trinajstić information content (AvgIpc) is 2.16. The molecule has 84 valence electrons. The zero-order valence-electron chi connectivity index (χ0n) is 9.94. The Kier molecular flexibility index (Phi) is 4.90. The van der Waals surface area contributed by atoms with Gasteiger partial charge < -0.3 is 10.1 Å². The normalized spacial score (nSPS) is 20.8. The van der Waals surface area contributed by atoms with Crippen molar-refractivity contribution < 1.29 is 4.74 Å². The summed E-state index contributed by atoms with van der Waals surface area (Å²) in [5, 5.41) is 3.45. The van der Waals surface area contributed by atoms with Gasteiger partial charge in [0.05, 0.1) is 6.61 Å². The van der Waals surface area contributed by atoms with Crippen LogP contribution in [0, 0.1) is 11.3 Å². The fraction of sp³-hybridized carbons (Fsp3) is 1.00. The van der Waals surface area contributed by atoms with Gasteiger partial charge in [-0.2, -0.15) is 0 Å². The first-order valence-electron chi connectivity index (χ1n) is 5.96. The van der Waals surface area contributed by atoms with Gasteiger partial charge in [-0.1, -0.05) is 26.7 Å². The van der Waals surface area contributed by atoms with E-state index >= 15 is 0 Å². The molecule has 0 aromatic carbocycles. The van der Waals surface area contributed by atoms with Crippen LogP contribution in [0.5, 0.6) is 0 Å². The van der Waals surface area contributed by atoms with E-state index in [4.69, 9.17) is 4.74 Å². The molecule has 2 nitrogen and oxygen atoms in total. The first kappa shape index (κ1) is 12.0. The van der Waals surface area contributed by atoms with Gasteiger partial charge >= 0.3 is 0 Å². The summed E-state index contributed by atoms with van der Waals surface area (Å²) in [6.07, 6.45) is 5.58. The second kappa shape index (κ2) is 5.72. The summed E-state index contributed by atoms with van der Waals surface area (Å²) in [5.41, 5.74) is 0.702. The van der Waals surface area contributed by atoms with Crippen molar-refractivity contribution >= 4 is 0 Å². The number of methoxy groups -OCH3 is 1. The number of hydrogen-bond acceptors (Lipinski definition) is 2. The number of nitrogens with one attached hydrogen (secondary N) is 1. The van der Waals surface area contributed by atoms with Crippen LogP contribution in [0.2, 0.25) is 0 Å². The van der Waals surface area contributed by atoms with E-state index in [1.54, 1.807) is 7.11 Å². The number of ether oxygens (including phenoxy) is 1. The van der Waals surface area contributed by atoms with Gasteiger partial charge in [0.2, 0.25) is 0 Å². The van der Waals surface area contributed by atoms with E-state index in [-0.39, 0.29) is 0 Å². The third-order valence-corrected chi connectivity index (χ3v) is 3.86. The molecule has 0 aliphatic heterocycles. The average molecular weight is 199 g/mol. The van der Waals surface area contributed by atoms with E-state index in [0.717, 1.165) is 19.1 Å². The molecule has 0 heterocycles. The second-order valence-corrected chi connectivity index (χ2v) is 4.68. The van der Waals surface area contributed by atoms with Crippen LogP contribution in [0.3, 0.4) is 0 Å². The smallest absolute Gasteiger partial charge is 0.0587 e. The van der Waals surface area contributed by atoms with Crippen LogP contribution >= 0.6 is 0 Å². The summed E-state index contributed by atoms with van der Waals surface area (Å²) in [6.45, 7) is 7.68. The highest BCUT2D eigenvalue weighted by Gasteiger charge is 2.40. The molecule has 1 aliphatic rings. The maximum Gasteiger partial charge on any atom is 0.0587 e. The summed E-state index contributed by atoms with van der Waals surface area (Å²) in [4.78, 5) is 0. The lowest BCUT2D eigenvalue weighted by atomic mass is 9.59. The van der Waals surface area contributed by atoms with Gasteiger partial charge in [0, 0.05) is 13.7 Å². The second-order valence-electron chi connectivity index (χ2n) is 4.68. The monoisotopic (exact) mass is 199 g/mol. The minimum Gasteiger partial charge on any atom is -0.383 e. The first-order valence-corrected chi connectivity index (χ1v) is 5.96. The third kappa shape index (κ3) is 2.96. The molecule has 0 radical (unpaired) electrons. The van der Waals surface area contributed by atoms with Crippen LogP contribution in [0.4, 0.5) is 0 Å². The van der Waals surface area contributed by atoms with Crippen molar-refractivity contribution in [3.8, 4) is 0 Å². The SMILES string of the molecule is CCC1(CC)CC(CNCCOC)C1. The van der Waals surface area contributed by atoms with Crippen molar-refractivity contribution in [2.24, 2.45) is 11.3 Å². The lowest BCUT2D eigenvalue weighted by Gasteiger charge is -2.47. The molecular weight excluding hydrogens is 174 g/mol. The molecule has 0 aromatic rings. The molecule has 0 spiro atoms. The summed E-state index contributed by atoms with van der Waals surface area (Å²) in [7, 11) is 1.75. The Bertz CT molecular complexity index is 146. The lowest BCUT2D eigenvalue weighted by molar-refractivity contribution is 0.0447. The van der Waals surface area contributed by atoms with Gasteiger partial charge in [-0.3, -0.25) is 0 Å². The molecule has 14 heavy (non-hydrogen) atoms. The van der Waals surface area contributed by atoms with Gasteiger partial charge in [-0.15, -0.1) is 0 Å². The highest BCUT2D eigenvalue weighted by atomic mass is 16.5. The third-order valence-electron chi connectivity index (χ3n) is 3.86. The standard InChI is InChI=1S/C12H25NO/c1-4-12(5-2)8-11(9-12)10-13-6-7-14-3/h11,13H,4-10H2,1-3H3. The molecular formula is C12H25NO. The van der Waals surface area contributed by atoms with Crippen molar-refractivity contribution in [3.05, 3.63) is 0 Å². The molecule has 1 saturated carbocycles. The van der Waals surface area contributed by atoms with Crippen LogP contribution in [-0.4, -0.2) is 26.8 Å². The van der Waals surface area contributed by atoms with Gasteiger partial charge in [-0.25, -0.2) is 0 Å². The highest BCUT2D eigenvalue weighted by molar-refractivity contribution is 4.92. The van der Waals surface area contributed by atoms with Gasteiger partial charge in [-0.05, 0) is 30.7 Å². The molecule has 1 fully saturated rings. The van der Waals surface area contributed by atoms with Gasteiger partial charge in [0.1, 0.15) is 0 Å². The largest absolute Gasteiger partial charge is 0.383 e. The predicted molar refractivity (Wildman–Crippen MR) is 60.5 cm³/mol. The van der Waals surface area contributed by atoms with E-state index in [1.165, 1.54) is 32.2 Å². The maximum atomic E-state index is 5.00. The maximum absolute atomic E-state index is 5.00. The Balaban J connectivity index is 2.03. The summed E-state index contributed by atoms with van der Waals surface area (Å²) in [6, 6.07) is 0. The molecule has 0 atom stereocenters. The van der Waals surface area contributed by atoms with Crippen LogP contribution in [-0.2, 0) is 4.74 Å². The molecule has 1 rings (SSSR count). The minimum atomic E-state index is 0.702. The molecule has 0 bridgehead atoms. The van der Waals surface area contributed by atoms with Crippen LogP contribution < -0.4 is 5.32 Å². The fourth-order valence-electron chi connectivity index (χ4n) is 2.62. The van der Waals surface area contributed by atoms with Crippen molar-refractivity contribution in [1.82, 2.24) is 5.32 Å². The topological polar surface area (TPSA) is 21.3 Å². The highest BCUT2D eigenvalue weighted by Crippen LogP contribution is 2.50.